The molecule has 0 aromatic carbocycles. The van der Waals surface area contributed by atoms with Gasteiger partial charge in [0.05, 0.1) is 0 Å². The van der Waals surface area contributed by atoms with Crippen molar-refractivity contribution in [2.24, 2.45) is 0 Å². The van der Waals surface area contributed by atoms with Crippen LogP contribution in [0.3, 0.4) is 0 Å². The van der Waals surface area contributed by atoms with Gasteiger partial charge < -0.3 is 39.6 Å². The van der Waals surface area contributed by atoms with E-state index >= 15 is 0 Å². The summed E-state index contributed by atoms with van der Waals surface area (Å²) in [7, 11) is 0. The van der Waals surface area contributed by atoms with Crippen molar-refractivity contribution < 1.29 is 39.6 Å². The zero-order valence-electron chi connectivity index (χ0n) is 8.59. The van der Waals surface area contributed by atoms with Gasteiger partial charge in [0.1, 0.15) is 0 Å². The van der Waals surface area contributed by atoms with Crippen molar-refractivity contribution in [1.82, 2.24) is 0 Å². The normalized spacial score (nSPS) is 8.00. The van der Waals surface area contributed by atoms with Crippen LogP contribution >= 0.6 is 0 Å². The molecule has 0 saturated heterocycles. The van der Waals surface area contributed by atoms with Crippen molar-refractivity contribution in [2.45, 2.75) is 25.7 Å². The summed E-state index contributed by atoms with van der Waals surface area (Å²) in [5, 5.41) is 38.0. The van der Waals surface area contributed by atoms with Gasteiger partial charge in [-0.25, -0.2) is 0 Å². The van der Waals surface area contributed by atoms with E-state index < -0.39 is 49.6 Å². The minimum absolute atomic E-state index is 0. The molecule has 92 valence electrons. The van der Waals surface area contributed by atoms with Crippen LogP contribution < -0.4 is 20.4 Å². The van der Waals surface area contributed by atoms with Crippen LogP contribution in [-0.2, 0) is 19.2 Å². The number of carboxylic acid groups (broad SMARTS) is 4. The first kappa shape index (κ1) is 20.3. The Labute approximate surface area is 97.5 Å². The standard InChI is InChI=1S/2C4H6O4.C/c2*5-3(6)1-2-4(7)8;/h2*1-2H2,(H,5,6)(H,7,8);/q;;+4/p-4. The van der Waals surface area contributed by atoms with Crippen LogP contribution in [0.1, 0.15) is 25.7 Å². The van der Waals surface area contributed by atoms with Gasteiger partial charge >= 0.3 is 7.43 Å². The first-order chi connectivity index (χ1) is 7.25. The third-order valence-electron chi connectivity index (χ3n) is 1.07. The van der Waals surface area contributed by atoms with Crippen LogP contribution in [0.4, 0.5) is 0 Å². The minimum atomic E-state index is -1.37. The molecule has 8 heteroatoms. The van der Waals surface area contributed by atoms with Gasteiger partial charge in [0, 0.05) is 23.9 Å². The number of carbonyl (C=O) groups is 4. The topological polar surface area (TPSA) is 161 Å². The van der Waals surface area contributed by atoms with Gasteiger partial charge in [0.25, 0.3) is 0 Å². The molecule has 0 radical (unpaired) electrons. The molecule has 0 atom stereocenters. The minimum Gasteiger partial charge on any atom is -0.550 e. The Morgan fingerprint density at radius 2 is 0.647 bits per heavy atom. The summed E-state index contributed by atoms with van der Waals surface area (Å²) in [5.74, 6) is -5.47. The molecule has 0 aromatic rings. The molecule has 0 rings (SSSR count). The average molecular weight is 244 g/mol. The van der Waals surface area contributed by atoms with Gasteiger partial charge in [0.15, 0.2) is 0 Å². The fraction of sp³-hybridized carbons (Fsp3) is 0.444. The van der Waals surface area contributed by atoms with Crippen molar-refractivity contribution in [3.05, 3.63) is 7.43 Å². The maximum absolute atomic E-state index is 9.50. The van der Waals surface area contributed by atoms with E-state index in [9.17, 15) is 39.6 Å². The molecule has 0 fully saturated rings. The largest absolute Gasteiger partial charge is 4.00 e. The smallest absolute Gasteiger partial charge is 0.550 e. The first-order valence-electron chi connectivity index (χ1n) is 4.05. The number of aliphatic carboxylic acids is 4. The summed E-state index contributed by atoms with van der Waals surface area (Å²) in [6.07, 6.45) is -1.88. The maximum atomic E-state index is 9.50. The van der Waals surface area contributed by atoms with E-state index in [1.807, 2.05) is 0 Å². The Balaban J connectivity index is -0.000000218. The van der Waals surface area contributed by atoms with E-state index in [0.717, 1.165) is 0 Å². The zero-order valence-corrected chi connectivity index (χ0v) is 8.59. The molecule has 17 heavy (non-hydrogen) atoms. The number of hydrogen-bond acceptors (Lipinski definition) is 8. The second kappa shape index (κ2) is 12.0. The van der Waals surface area contributed by atoms with Crippen LogP contribution in [0.5, 0.6) is 0 Å². The molecule has 0 aromatic heterocycles. The summed E-state index contributed by atoms with van der Waals surface area (Å²) >= 11 is 0. The molecular weight excluding hydrogens is 236 g/mol. The van der Waals surface area contributed by atoms with Crippen molar-refractivity contribution in [3.63, 3.8) is 0 Å². The van der Waals surface area contributed by atoms with Gasteiger partial charge in [-0.2, -0.15) is 0 Å². The number of rotatable bonds is 6. The molecule has 0 N–H and O–H groups in total. The molecule has 0 saturated carbocycles. The molecule has 0 heterocycles. The third kappa shape index (κ3) is 31.5. The van der Waals surface area contributed by atoms with E-state index in [2.05, 4.69) is 0 Å². The Kier molecular flexibility index (Phi) is 14.3. The van der Waals surface area contributed by atoms with Gasteiger partial charge in [-0.3, -0.25) is 0 Å². The summed E-state index contributed by atoms with van der Waals surface area (Å²) in [4.78, 5) is 38.0. The monoisotopic (exact) mass is 244 g/mol. The summed E-state index contributed by atoms with van der Waals surface area (Å²) in [6, 6.07) is 0. The summed E-state index contributed by atoms with van der Waals surface area (Å²) in [5.41, 5.74) is 0. The van der Waals surface area contributed by atoms with Crippen molar-refractivity contribution in [1.29, 1.82) is 0 Å². The third-order valence-corrected chi connectivity index (χ3v) is 1.07. The van der Waals surface area contributed by atoms with E-state index in [4.69, 9.17) is 0 Å². The molecule has 0 unspecified atom stereocenters. The fourth-order valence-electron chi connectivity index (χ4n) is 0.408. The van der Waals surface area contributed by atoms with Gasteiger partial charge in [-0.15, -0.1) is 0 Å². The van der Waals surface area contributed by atoms with Crippen LogP contribution in [0.2, 0.25) is 0 Å². The maximum Gasteiger partial charge on any atom is 4.00 e. The van der Waals surface area contributed by atoms with Crippen LogP contribution in [0, 0.1) is 7.43 Å². The Morgan fingerprint density at radius 1 is 0.529 bits per heavy atom. The van der Waals surface area contributed by atoms with E-state index in [1.165, 1.54) is 0 Å². The second-order valence-corrected chi connectivity index (χ2v) is 2.49. The van der Waals surface area contributed by atoms with Crippen LogP contribution in [-0.4, -0.2) is 23.9 Å². The quantitative estimate of drug-likeness (QED) is 0.447. The van der Waals surface area contributed by atoms with E-state index in [1.54, 1.807) is 0 Å². The molecule has 0 aliphatic heterocycles. The fourth-order valence-corrected chi connectivity index (χ4v) is 0.408. The van der Waals surface area contributed by atoms with E-state index in [-0.39, 0.29) is 7.43 Å². The molecule has 0 amide bonds. The molecule has 0 bridgehead atoms. The van der Waals surface area contributed by atoms with Crippen molar-refractivity contribution in [2.75, 3.05) is 0 Å². The predicted molar refractivity (Wildman–Crippen MR) is 41.7 cm³/mol. The SMILES string of the molecule is O=C([O-])CCC(=O)[O-].O=C([O-])CCC(=O)[O-].[C+4]. The number of carbonyl (C=O) groups excluding carboxylic acids is 4. The molecule has 0 spiro atoms. The zero-order chi connectivity index (χ0) is 13.1. The average Bonchev–Trinajstić information content (AvgIpc) is 2.12. The second-order valence-electron chi connectivity index (χ2n) is 2.49. The molecule has 0 aliphatic carbocycles. The van der Waals surface area contributed by atoms with Crippen molar-refractivity contribution in [3.8, 4) is 0 Å². The van der Waals surface area contributed by atoms with Crippen LogP contribution in [0.15, 0.2) is 0 Å². The van der Waals surface area contributed by atoms with Crippen LogP contribution in [0.25, 0.3) is 0 Å². The summed E-state index contributed by atoms with van der Waals surface area (Å²) < 4.78 is 0. The van der Waals surface area contributed by atoms with Gasteiger partial charge in [0.2, 0.25) is 0 Å². The Hall–Kier alpha value is -2.12. The number of hydrogen-bond donors (Lipinski definition) is 0. The van der Waals surface area contributed by atoms with Crippen molar-refractivity contribution >= 4 is 23.9 Å². The Morgan fingerprint density at radius 3 is 0.706 bits per heavy atom. The number of carboxylic acids is 4. The predicted octanol–water partition coefficient (Wildman–Crippen LogP) is -5.39. The molecule has 0 aliphatic rings. The van der Waals surface area contributed by atoms with Gasteiger partial charge in [-0.05, 0) is 25.7 Å². The Bertz CT molecular complexity index is 214. The molecular formula is C9H8O8. The first-order valence-corrected chi connectivity index (χ1v) is 4.05. The van der Waals surface area contributed by atoms with Gasteiger partial charge in [-0.1, -0.05) is 0 Å². The van der Waals surface area contributed by atoms with E-state index in [0.29, 0.717) is 0 Å². The summed E-state index contributed by atoms with van der Waals surface area (Å²) in [6.45, 7) is 0. The molecule has 8 nitrogen and oxygen atoms in total.